The maximum atomic E-state index is 12.7. The van der Waals surface area contributed by atoms with E-state index in [1.54, 1.807) is 38.2 Å². The normalized spacial score (nSPS) is 13.4. The first kappa shape index (κ1) is 27.3. The number of rotatable bonds is 14. The Balaban J connectivity index is 2.26. The van der Waals surface area contributed by atoms with E-state index in [4.69, 9.17) is 21.4 Å². The molecule has 8 heteroatoms. The van der Waals surface area contributed by atoms with Crippen LogP contribution < -0.4 is 20.7 Å². The summed E-state index contributed by atoms with van der Waals surface area (Å²) >= 11 is 6.05. The van der Waals surface area contributed by atoms with E-state index in [1.165, 1.54) is 0 Å². The van der Waals surface area contributed by atoms with Crippen LogP contribution in [0.25, 0.3) is 0 Å². The zero-order valence-electron chi connectivity index (χ0n) is 20.1. The number of ether oxygens (including phenoxy) is 1. The number of halogens is 1. The molecule has 2 unspecified atom stereocenters. The standard InChI is InChI=1S/C26H36ClN3O4/c1-4-20(16-19-10-12-21(27)13-11-19)26(34-23-9-7-8-22(32)17-23)30-24(28-3)18(2)25(33)29-14-5-6-15-31/h7-13,17,20,26,28,30-32H,4-6,14-16H2,1-3H3,(H,29,33)/b24-18+. The molecule has 2 aromatic rings. The highest BCUT2D eigenvalue weighted by molar-refractivity contribution is 6.30. The molecule has 0 heterocycles. The number of hydrogen-bond acceptors (Lipinski definition) is 6. The number of amides is 1. The first-order valence-corrected chi connectivity index (χ1v) is 12.0. The van der Waals surface area contributed by atoms with Crippen LogP contribution in [0, 0.1) is 5.92 Å². The summed E-state index contributed by atoms with van der Waals surface area (Å²) in [4.78, 5) is 12.7. The summed E-state index contributed by atoms with van der Waals surface area (Å²) in [7, 11) is 1.75. The Labute approximate surface area is 207 Å². The SMILES string of the molecule is CCC(Cc1ccc(Cl)cc1)C(N/C(NC)=C(\C)C(=O)NCCCCO)Oc1cccc(O)c1. The number of phenolic OH excluding ortho intramolecular Hbond substituents is 1. The van der Waals surface area contributed by atoms with Crippen LogP contribution in [-0.2, 0) is 11.2 Å². The number of aromatic hydroxyl groups is 1. The van der Waals surface area contributed by atoms with Gasteiger partial charge in [-0.25, -0.2) is 0 Å². The highest BCUT2D eigenvalue weighted by Gasteiger charge is 2.25. The number of aliphatic hydroxyl groups excluding tert-OH is 1. The van der Waals surface area contributed by atoms with Crippen LogP contribution in [0.1, 0.15) is 38.7 Å². The van der Waals surface area contributed by atoms with E-state index in [0.717, 1.165) is 18.4 Å². The van der Waals surface area contributed by atoms with Gasteiger partial charge >= 0.3 is 0 Å². The molecular formula is C26H36ClN3O4. The molecule has 0 aliphatic carbocycles. The van der Waals surface area contributed by atoms with Crippen molar-refractivity contribution < 1.29 is 19.7 Å². The number of carbonyl (C=O) groups excluding carboxylic acids is 1. The first-order valence-electron chi connectivity index (χ1n) is 11.6. The number of unbranched alkanes of at least 4 members (excludes halogenated alkanes) is 1. The van der Waals surface area contributed by atoms with E-state index in [1.807, 2.05) is 24.3 Å². The van der Waals surface area contributed by atoms with Gasteiger partial charge in [0.15, 0.2) is 6.23 Å². The third-order valence-corrected chi connectivity index (χ3v) is 5.82. The molecule has 0 spiro atoms. The first-order chi connectivity index (χ1) is 16.4. The van der Waals surface area contributed by atoms with Gasteiger partial charge < -0.3 is 30.9 Å². The van der Waals surface area contributed by atoms with E-state index < -0.39 is 6.23 Å². The van der Waals surface area contributed by atoms with Crippen molar-refractivity contribution in [3.63, 3.8) is 0 Å². The van der Waals surface area contributed by atoms with Crippen molar-refractivity contribution in [2.45, 2.75) is 45.8 Å². The topological polar surface area (TPSA) is 103 Å². The van der Waals surface area contributed by atoms with Gasteiger partial charge in [0.25, 0.3) is 5.91 Å². The van der Waals surface area contributed by atoms with Gasteiger partial charge in [-0.05, 0) is 62.4 Å². The summed E-state index contributed by atoms with van der Waals surface area (Å²) in [6.45, 7) is 4.43. The molecule has 0 saturated heterocycles. The van der Waals surface area contributed by atoms with Crippen LogP contribution in [-0.4, -0.2) is 42.5 Å². The molecule has 34 heavy (non-hydrogen) atoms. The molecule has 0 bridgehead atoms. The van der Waals surface area contributed by atoms with Gasteiger partial charge in [-0.15, -0.1) is 0 Å². The molecule has 0 aliphatic rings. The van der Waals surface area contributed by atoms with E-state index in [9.17, 15) is 9.90 Å². The summed E-state index contributed by atoms with van der Waals surface area (Å²) in [6, 6.07) is 14.4. The molecule has 0 fully saturated rings. The Morgan fingerprint density at radius 1 is 1.15 bits per heavy atom. The fourth-order valence-corrected chi connectivity index (χ4v) is 3.66. The minimum atomic E-state index is -0.484. The lowest BCUT2D eigenvalue weighted by Gasteiger charge is -2.30. The number of hydrogen-bond donors (Lipinski definition) is 5. The number of carbonyl (C=O) groups is 1. The molecule has 7 nitrogen and oxygen atoms in total. The number of phenols is 1. The van der Waals surface area contributed by atoms with Gasteiger partial charge in [0.1, 0.15) is 17.3 Å². The summed E-state index contributed by atoms with van der Waals surface area (Å²) in [6.07, 6.45) is 2.40. The van der Waals surface area contributed by atoms with Gasteiger partial charge in [0, 0.05) is 37.2 Å². The average Bonchev–Trinajstić information content (AvgIpc) is 2.83. The third-order valence-electron chi connectivity index (χ3n) is 5.57. The second-order valence-electron chi connectivity index (χ2n) is 8.12. The highest BCUT2D eigenvalue weighted by Crippen LogP contribution is 2.24. The van der Waals surface area contributed by atoms with E-state index >= 15 is 0 Å². The van der Waals surface area contributed by atoms with Crippen LogP contribution in [0.3, 0.4) is 0 Å². The van der Waals surface area contributed by atoms with Gasteiger partial charge in [-0.2, -0.15) is 0 Å². The van der Waals surface area contributed by atoms with Crippen molar-refractivity contribution in [1.29, 1.82) is 0 Å². The molecule has 0 aromatic heterocycles. The molecule has 1 amide bonds. The molecule has 186 valence electrons. The van der Waals surface area contributed by atoms with Crippen molar-refractivity contribution in [2.75, 3.05) is 20.2 Å². The lowest BCUT2D eigenvalue weighted by Crippen LogP contribution is -2.45. The van der Waals surface area contributed by atoms with Gasteiger partial charge in [0.05, 0.1) is 5.57 Å². The predicted molar refractivity (Wildman–Crippen MR) is 136 cm³/mol. The van der Waals surface area contributed by atoms with Crippen molar-refractivity contribution >= 4 is 17.5 Å². The summed E-state index contributed by atoms with van der Waals surface area (Å²) < 4.78 is 6.29. The molecule has 2 atom stereocenters. The Morgan fingerprint density at radius 3 is 2.50 bits per heavy atom. The lowest BCUT2D eigenvalue weighted by molar-refractivity contribution is -0.117. The van der Waals surface area contributed by atoms with Crippen LogP contribution in [0.5, 0.6) is 11.5 Å². The Kier molecular flexibility index (Phi) is 11.6. The van der Waals surface area contributed by atoms with Gasteiger partial charge in [0.2, 0.25) is 0 Å². The fraction of sp³-hybridized carbons (Fsp3) is 0.423. The highest BCUT2D eigenvalue weighted by atomic mass is 35.5. The Bertz CT molecular complexity index is 934. The van der Waals surface area contributed by atoms with Crippen molar-refractivity contribution in [1.82, 2.24) is 16.0 Å². The smallest absolute Gasteiger partial charge is 0.250 e. The third kappa shape index (κ3) is 8.80. The zero-order chi connectivity index (χ0) is 24.9. The molecule has 0 aliphatic heterocycles. The maximum Gasteiger partial charge on any atom is 0.250 e. The fourth-order valence-electron chi connectivity index (χ4n) is 3.53. The predicted octanol–water partition coefficient (Wildman–Crippen LogP) is 3.95. The van der Waals surface area contributed by atoms with E-state index in [0.29, 0.717) is 41.6 Å². The molecule has 2 aromatic carbocycles. The second kappa shape index (κ2) is 14.4. The molecular weight excluding hydrogens is 454 g/mol. The number of nitrogens with one attached hydrogen (secondary N) is 3. The quantitative estimate of drug-likeness (QED) is 0.156. The number of aliphatic hydroxyl groups is 1. The average molecular weight is 490 g/mol. The summed E-state index contributed by atoms with van der Waals surface area (Å²) in [5.41, 5.74) is 1.62. The Morgan fingerprint density at radius 2 is 1.88 bits per heavy atom. The van der Waals surface area contributed by atoms with Crippen LogP contribution in [0.15, 0.2) is 59.9 Å². The van der Waals surface area contributed by atoms with Crippen LogP contribution in [0.2, 0.25) is 5.02 Å². The van der Waals surface area contributed by atoms with Crippen LogP contribution >= 0.6 is 11.6 Å². The second-order valence-corrected chi connectivity index (χ2v) is 8.55. The molecule has 5 N–H and O–H groups in total. The largest absolute Gasteiger partial charge is 0.508 e. The minimum Gasteiger partial charge on any atom is -0.508 e. The molecule has 2 rings (SSSR count). The van der Waals surface area contributed by atoms with Crippen LogP contribution in [0.4, 0.5) is 0 Å². The molecule has 0 saturated carbocycles. The van der Waals surface area contributed by atoms with Crippen molar-refractivity contribution in [3.05, 3.63) is 70.5 Å². The minimum absolute atomic E-state index is 0.0484. The van der Waals surface area contributed by atoms with Gasteiger partial charge in [-0.1, -0.05) is 36.7 Å². The summed E-state index contributed by atoms with van der Waals surface area (Å²) in [5.74, 6) is 1.04. The van der Waals surface area contributed by atoms with Crippen molar-refractivity contribution in [2.24, 2.45) is 5.92 Å². The molecule has 0 radical (unpaired) electrons. The Hall–Kier alpha value is -2.90. The number of benzene rings is 2. The lowest BCUT2D eigenvalue weighted by atomic mass is 9.95. The van der Waals surface area contributed by atoms with E-state index in [-0.39, 0.29) is 24.2 Å². The van der Waals surface area contributed by atoms with E-state index in [2.05, 4.69) is 22.9 Å². The van der Waals surface area contributed by atoms with Crippen molar-refractivity contribution in [3.8, 4) is 11.5 Å². The summed E-state index contributed by atoms with van der Waals surface area (Å²) in [5, 5.41) is 28.8. The monoisotopic (exact) mass is 489 g/mol. The van der Waals surface area contributed by atoms with Gasteiger partial charge in [-0.3, -0.25) is 4.79 Å². The zero-order valence-corrected chi connectivity index (χ0v) is 20.9. The maximum absolute atomic E-state index is 12.7.